The fourth-order valence-corrected chi connectivity index (χ4v) is 2.74. The van der Waals surface area contributed by atoms with Crippen molar-refractivity contribution in [1.29, 1.82) is 0 Å². The van der Waals surface area contributed by atoms with Gasteiger partial charge in [0, 0.05) is 17.7 Å². The van der Waals surface area contributed by atoms with Gasteiger partial charge in [-0.3, -0.25) is 0 Å². The van der Waals surface area contributed by atoms with Gasteiger partial charge >= 0.3 is 5.97 Å². The van der Waals surface area contributed by atoms with Gasteiger partial charge in [-0.2, -0.15) is 0 Å². The molecule has 0 amide bonds. The van der Waals surface area contributed by atoms with Crippen LogP contribution in [0.2, 0.25) is 0 Å². The summed E-state index contributed by atoms with van der Waals surface area (Å²) in [5.41, 5.74) is 1.98. The van der Waals surface area contributed by atoms with Crippen LogP contribution < -0.4 is 5.32 Å². The number of carbonyl (C=O) groups is 1. The third-order valence-electron chi connectivity index (χ3n) is 3.96. The Hall–Kier alpha value is -2.43. The van der Waals surface area contributed by atoms with E-state index in [1.807, 2.05) is 31.2 Å². The molecule has 1 saturated carbocycles. The summed E-state index contributed by atoms with van der Waals surface area (Å²) in [6, 6.07) is 9.65. The van der Waals surface area contributed by atoms with E-state index in [1.165, 1.54) is 18.9 Å². The Balaban J connectivity index is 1.95. The minimum Gasteiger partial charge on any atom is -0.477 e. The Morgan fingerprint density at radius 3 is 2.50 bits per heavy atom. The Morgan fingerprint density at radius 2 is 1.86 bits per heavy atom. The van der Waals surface area contributed by atoms with Gasteiger partial charge in [-0.05, 0) is 19.8 Å². The molecule has 22 heavy (non-hydrogen) atoms. The van der Waals surface area contributed by atoms with Crippen LogP contribution >= 0.6 is 0 Å². The zero-order valence-electron chi connectivity index (χ0n) is 12.5. The Labute approximate surface area is 129 Å². The molecule has 5 nitrogen and oxygen atoms in total. The van der Waals surface area contributed by atoms with E-state index >= 15 is 0 Å². The second-order valence-electron chi connectivity index (χ2n) is 5.76. The van der Waals surface area contributed by atoms with E-state index in [0.717, 1.165) is 24.0 Å². The molecule has 0 unspecified atom stereocenters. The number of aryl methyl sites for hydroxylation is 1. The van der Waals surface area contributed by atoms with Gasteiger partial charge < -0.3 is 10.4 Å². The summed E-state index contributed by atoms with van der Waals surface area (Å²) in [6.45, 7) is 2.01. The molecule has 5 heteroatoms. The summed E-state index contributed by atoms with van der Waals surface area (Å²) in [4.78, 5) is 20.0. The number of carboxylic acid groups (broad SMARTS) is 1. The van der Waals surface area contributed by atoms with Crippen molar-refractivity contribution in [3.63, 3.8) is 0 Å². The van der Waals surface area contributed by atoms with Crippen LogP contribution in [0.3, 0.4) is 0 Å². The third kappa shape index (κ3) is 3.24. The van der Waals surface area contributed by atoms with Crippen molar-refractivity contribution < 1.29 is 9.90 Å². The van der Waals surface area contributed by atoms with Gasteiger partial charge in [-0.15, -0.1) is 0 Å². The van der Waals surface area contributed by atoms with Crippen molar-refractivity contribution >= 4 is 11.8 Å². The Kier molecular flexibility index (Phi) is 4.04. The molecule has 1 aliphatic rings. The Bertz CT molecular complexity index is 677. The summed E-state index contributed by atoms with van der Waals surface area (Å²) in [6.07, 6.45) is 4.62. The number of carboxylic acids is 1. The topological polar surface area (TPSA) is 75.1 Å². The van der Waals surface area contributed by atoms with Crippen molar-refractivity contribution in [3.05, 3.63) is 41.6 Å². The smallest absolute Gasteiger partial charge is 0.354 e. The zero-order chi connectivity index (χ0) is 15.5. The SMILES string of the molecule is Cc1ccc(-c2nc(NC3CCCC3)cc(C(=O)O)n2)cc1. The van der Waals surface area contributed by atoms with Gasteiger partial charge in [0.05, 0.1) is 0 Å². The maximum Gasteiger partial charge on any atom is 0.354 e. The molecule has 0 bridgehead atoms. The normalized spacial score (nSPS) is 15.0. The monoisotopic (exact) mass is 297 g/mol. The third-order valence-corrected chi connectivity index (χ3v) is 3.96. The largest absolute Gasteiger partial charge is 0.477 e. The van der Waals surface area contributed by atoms with Gasteiger partial charge in [-0.1, -0.05) is 42.7 Å². The predicted molar refractivity (Wildman–Crippen MR) is 85.0 cm³/mol. The second-order valence-corrected chi connectivity index (χ2v) is 5.76. The molecule has 0 spiro atoms. The molecule has 114 valence electrons. The molecule has 1 heterocycles. The summed E-state index contributed by atoms with van der Waals surface area (Å²) in [5.74, 6) is 0.000468. The highest BCUT2D eigenvalue weighted by molar-refractivity contribution is 5.87. The molecule has 2 aromatic rings. The van der Waals surface area contributed by atoms with Crippen molar-refractivity contribution in [2.75, 3.05) is 5.32 Å². The first-order valence-electron chi connectivity index (χ1n) is 7.58. The van der Waals surface area contributed by atoms with Crippen molar-refractivity contribution in [2.24, 2.45) is 0 Å². The van der Waals surface area contributed by atoms with Gasteiger partial charge in [0.2, 0.25) is 0 Å². The zero-order valence-corrected chi connectivity index (χ0v) is 12.5. The van der Waals surface area contributed by atoms with Gasteiger partial charge in [0.15, 0.2) is 11.5 Å². The average Bonchev–Trinajstić information content (AvgIpc) is 3.00. The number of hydrogen-bond donors (Lipinski definition) is 2. The van der Waals surface area contributed by atoms with Crippen molar-refractivity contribution in [1.82, 2.24) is 9.97 Å². The molecule has 1 fully saturated rings. The minimum absolute atomic E-state index is 0.0195. The van der Waals surface area contributed by atoms with Crippen LogP contribution in [0, 0.1) is 6.92 Å². The average molecular weight is 297 g/mol. The number of nitrogens with one attached hydrogen (secondary N) is 1. The fourth-order valence-electron chi connectivity index (χ4n) is 2.74. The Morgan fingerprint density at radius 1 is 1.18 bits per heavy atom. The summed E-state index contributed by atoms with van der Waals surface area (Å²) in [5, 5.41) is 12.6. The lowest BCUT2D eigenvalue weighted by Crippen LogP contribution is -2.17. The first kappa shape index (κ1) is 14.5. The van der Waals surface area contributed by atoms with Crippen LogP contribution in [-0.4, -0.2) is 27.1 Å². The van der Waals surface area contributed by atoms with E-state index in [9.17, 15) is 9.90 Å². The molecule has 1 aliphatic carbocycles. The lowest BCUT2D eigenvalue weighted by atomic mass is 10.1. The molecular weight excluding hydrogens is 278 g/mol. The molecule has 0 aliphatic heterocycles. The maximum absolute atomic E-state index is 11.3. The highest BCUT2D eigenvalue weighted by atomic mass is 16.4. The molecular formula is C17H19N3O2. The van der Waals surface area contributed by atoms with Crippen LogP contribution in [-0.2, 0) is 0 Å². The number of hydrogen-bond acceptors (Lipinski definition) is 4. The lowest BCUT2D eigenvalue weighted by molar-refractivity contribution is 0.0690. The molecule has 1 aromatic heterocycles. The maximum atomic E-state index is 11.3. The molecule has 2 N–H and O–H groups in total. The van der Waals surface area contributed by atoms with Gasteiger partial charge in [0.1, 0.15) is 5.82 Å². The van der Waals surface area contributed by atoms with E-state index in [0.29, 0.717) is 17.7 Å². The van der Waals surface area contributed by atoms with Crippen LogP contribution in [0.15, 0.2) is 30.3 Å². The molecule has 1 aromatic carbocycles. The first-order valence-corrected chi connectivity index (χ1v) is 7.58. The number of aromatic nitrogens is 2. The number of benzene rings is 1. The second kappa shape index (κ2) is 6.13. The van der Waals surface area contributed by atoms with E-state index in [1.54, 1.807) is 0 Å². The quantitative estimate of drug-likeness (QED) is 0.903. The van der Waals surface area contributed by atoms with E-state index in [2.05, 4.69) is 15.3 Å². The highest BCUT2D eigenvalue weighted by Crippen LogP contribution is 2.24. The van der Waals surface area contributed by atoms with Crippen LogP contribution in [0.5, 0.6) is 0 Å². The van der Waals surface area contributed by atoms with Crippen LogP contribution in [0.4, 0.5) is 5.82 Å². The number of rotatable bonds is 4. The van der Waals surface area contributed by atoms with E-state index in [4.69, 9.17) is 0 Å². The van der Waals surface area contributed by atoms with Gasteiger partial charge in [-0.25, -0.2) is 14.8 Å². The van der Waals surface area contributed by atoms with Crippen molar-refractivity contribution in [3.8, 4) is 11.4 Å². The number of anilines is 1. The van der Waals surface area contributed by atoms with Crippen molar-refractivity contribution in [2.45, 2.75) is 38.6 Å². The molecule has 0 radical (unpaired) electrons. The van der Waals surface area contributed by atoms with Gasteiger partial charge in [0.25, 0.3) is 0 Å². The minimum atomic E-state index is -1.04. The van der Waals surface area contributed by atoms with E-state index in [-0.39, 0.29) is 5.69 Å². The molecule has 0 atom stereocenters. The fraction of sp³-hybridized carbons (Fsp3) is 0.353. The van der Waals surface area contributed by atoms with E-state index < -0.39 is 5.97 Å². The molecule has 0 saturated heterocycles. The van der Waals surface area contributed by atoms with Crippen LogP contribution in [0.25, 0.3) is 11.4 Å². The first-order chi connectivity index (χ1) is 10.6. The standard InChI is InChI=1S/C17H19N3O2/c1-11-6-8-12(9-7-11)16-19-14(17(21)22)10-15(20-16)18-13-4-2-3-5-13/h6-10,13H,2-5H2,1H3,(H,21,22)(H,18,19,20). The highest BCUT2D eigenvalue weighted by Gasteiger charge is 2.17. The number of aromatic carboxylic acids is 1. The predicted octanol–water partition coefficient (Wildman–Crippen LogP) is 3.50. The summed E-state index contributed by atoms with van der Waals surface area (Å²) in [7, 11) is 0. The summed E-state index contributed by atoms with van der Waals surface area (Å²) >= 11 is 0. The molecule has 3 rings (SSSR count). The lowest BCUT2D eigenvalue weighted by Gasteiger charge is -2.14. The summed E-state index contributed by atoms with van der Waals surface area (Å²) < 4.78 is 0. The van der Waals surface area contributed by atoms with Crippen LogP contribution in [0.1, 0.15) is 41.7 Å². The number of nitrogens with zero attached hydrogens (tertiary/aromatic N) is 2.